The molecule has 0 aliphatic carbocycles. The van der Waals surface area contributed by atoms with Crippen molar-refractivity contribution in [3.05, 3.63) is 95.6 Å². The van der Waals surface area contributed by atoms with Gasteiger partial charge in [0, 0.05) is 16.7 Å². The molecule has 2 atom stereocenters. The van der Waals surface area contributed by atoms with E-state index in [1.54, 1.807) is 43.2 Å². The standard InChI is InChI=1S/C25H23N3O4/c1-31-20-12-8-18(9-13-20)23-22(26-24(29)19-10-14-21(32-2)15-11-19)25(30)27-28(23)16-17-6-4-3-5-7-17/h3-16,22-23H,1-2H3,(H-,26,27,29,30)/p+1/b28-16-/t22-,23+/m0/s1. The van der Waals surface area contributed by atoms with Crippen LogP contribution in [-0.4, -0.2) is 43.0 Å². The molecule has 3 aromatic rings. The summed E-state index contributed by atoms with van der Waals surface area (Å²) in [4.78, 5) is 25.8. The SMILES string of the molecule is COc1ccc(C(=O)N[C@@H]2C(=O)N/[N+](=C\c3ccccc3)[C@@H]2c2ccc(OC)cc2)cc1. The van der Waals surface area contributed by atoms with Crippen molar-refractivity contribution in [1.82, 2.24) is 10.7 Å². The Morgan fingerprint density at radius 3 is 2.09 bits per heavy atom. The van der Waals surface area contributed by atoms with Crippen LogP contribution in [0.1, 0.15) is 27.5 Å². The minimum absolute atomic E-state index is 0.292. The van der Waals surface area contributed by atoms with Crippen LogP contribution >= 0.6 is 0 Å². The topological polar surface area (TPSA) is 79.7 Å². The zero-order valence-electron chi connectivity index (χ0n) is 17.8. The molecule has 1 aliphatic heterocycles. The van der Waals surface area contributed by atoms with Crippen LogP contribution in [0.4, 0.5) is 0 Å². The average molecular weight is 430 g/mol. The summed E-state index contributed by atoms with van der Waals surface area (Å²) in [6.45, 7) is 0. The van der Waals surface area contributed by atoms with Gasteiger partial charge in [-0.25, -0.2) is 0 Å². The molecule has 1 saturated heterocycles. The molecule has 32 heavy (non-hydrogen) atoms. The monoisotopic (exact) mass is 430 g/mol. The molecule has 4 rings (SSSR count). The lowest BCUT2D eigenvalue weighted by Crippen LogP contribution is -2.42. The van der Waals surface area contributed by atoms with Gasteiger partial charge in [-0.05, 0) is 60.7 Å². The maximum absolute atomic E-state index is 12.9. The van der Waals surface area contributed by atoms with E-state index in [1.165, 1.54) is 0 Å². The minimum atomic E-state index is -0.794. The van der Waals surface area contributed by atoms with Crippen LogP contribution < -0.4 is 20.2 Å². The molecule has 2 amide bonds. The van der Waals surface area contributed by atoms with E-state index in [0.29, 0.717) is 17.1 Å². The predicted molar refractivity (Wildman–Crippen MR) is 120 cm³/mol. The Balaban J connectivity index is 1.67. The van der Waals surface area contributed by atoms with Gasteiger partial charge in [0.25, 0.3) is 5.91 Å². The molecule has 0 bridgehead atoms. The van der Waals surface area contributed by atoms with E-state index in [1.807, 2.05) is 60.8 Å². The summed E-state index contributed by atoms with van der Waals surface area (Å²) in [5.74, 6) is 0.732. The number of carbonyl (C=O) groups is 2. The molecule has 0 spiro atoms. The Labute approximate surface area is 186 Å². The fourth-order valence-electron chi connectivity index (χ4n) is 3.65. The van der Waals surface area contributed by atoms with E-state index in [2.05, 4.69) is 10.7 Å². The number of hydrazine groups is 1. The molecule has 1 fully saturated rings. The first kappa shape index (κ1) is 21.1. The third-order valence-corrected chi connectivity index (χ3v) is 5.32. The number of nitrogens with zero attached hydrogens (tertiary/aromatic N) is 1. The van der Waals surface area contributed by atoms with E-state index >= 15 is 0 Å². The molecule has 2 N–H and O–H groups in total. The molecule has 7 nitrogen and oxygen atoms in total. The summed E-state index contributed by atoms with van der Waals surface area (Å²) in [6, 6.07) is 22.6. The highest BCUT2D eigenvalue weighted by molar-refractivity contribution is 5.98. The molecule has 7 heteroatoms. The molecule has 0 unspecified atom stereocenters. The summed E-state index contributed by atoms with van der Waals surface area (Å²) >= 11 is 0. The zero-order chi connectivity index (χ0) is 22.5. The van der Waals surface area contributed by atoms with Gasteiger partial charge in [0.05, 0.1) is 14.2 Å². The van der Waals surface area contributed by atoms with Crippen molar-refractivity contribution >= 4 is 18.0 Å². The predicted octanol–water partition coefficient (Wildman–Crippen LogP) is 2.72. The lowest BCUT2D eigenvalue weighted by Gasteiger charge is -2.15. The first-order valence-corrected chi connectivity index (χ1v) is 10.2. The molecule has 3 aromatic carbocycles. The van der Waals surface area contributed by atoms with Gasteiger partial charge in [-0.2, -0.15) is 0 Å². The van der Waals surface area contributed by atoms with Gasteiger partial charge in [0.2, 0.25) is 12.3 Å². The van der Waals surface area contributed by atoms with Crippen LogP contribution in [0.2, 0.25) is 0 Å². The Bertz CT molecular complexity index is 1130. The van der Waals surface area contributed by atoms with Gasteiger partial charge in [-0.3, -0.25) is 9.59 Å². The van der Waals surface area contributed by atoms with Crippen LogP contribution in [0.25, 0.3) is 0 Å². The first-order chi connectivity index (χ1) is 15.6. The first-order valence-electron chi connectivity index (χ1n) is 10.2. The molecule has 1 heterocycles. The summed E-state index contributed by atoms with van der Waals surface area (Å²) in [5.41, 5.74) is 5.10. The van der Waals surface area contributed by atoms with E-state index in [0.717, 1.165) is 11.1 Å². The largest absolute Gasteiger partial charge is 0.497 e. The maximum atomic E-state index is 12.9. The number of rotatable bonds is 6. The fourth-order valence-corrected chi connectivity index (χ4v) is 3.65. The highest BCUT2D eigenvalue weighted by Crippen LogP contribution is 2.27. The maximum Gasteiger partial charge on any atom is 0.304 e. The number of hydrazone groups is 1. The fraction of sp³-hybridized carbons (Fsp3) is 0.160. The van der Waals surface area contributed by atoms with Gasteiger partial charge in [-0.15, -0.1) is 10.1 Å². The molecule has 0 saturated carbocycles. The Kier molecular flexibility index (Phi) is 6.17. The van der Waals surface area contributed by atoms with Crippen molar-refractivity contribution in [3.63, 3.8) is 0 Å². The second kappa shape index (κ2) is 9.34. The molecule has 1 aliphatic rings. The molecular formula is C25H24N3O4+. The number of methoxy groups -OCH3 is 2. The minimum Gasteiger partial charge on any atom is -0.497 e. The van der Waals surface area contributed by atoms with Crippen molar-refractivity contribution in [2.45, 2.75) is 12.1 Å². The third-order valence-electron chi connectivity index (χ3n) is 5.32. The number of benzene rings is 3. The summed E-state index contributed by atoms with van der Waals surface area (Å²) < 4.78 is 12.1. The molecule has 0 radical (unpaired) electrons. The van der Waals surface area contributed by atoms with Gasteiger partial charge < -0.3 is 14.8 Å². The summed E-state index contributed by atoms with van der Waals surface area (Å²) in [7, 11) is 3.16. The number of carbonyl (C=O) groups excluding carboxylic acids is 2. The highest BCUT2D eigenvalue weighted by atomic mass is 16.5. The van der Waals surface area contributed by atoms with E-state index < -0.39 is 12.1 Å². The van der Waals surface area contributed by atoms with E-state index in [4.69, 9.17) is 9.47 Å². The number of ether oxygens (including phenoxy) is 2. The second-order valence-electron chi connectivity index (χ2n) is 7.32. The number of nitrogens with one attached hydrogen (secondary N) is 2. The van der Waals surface area contributed by atoms with Crippen LogP contribution in [0.3, 0.4) is 0 Å². The molecule has 0 aromatic heterocycles. The quantitative estimate of drug-likeness (QED) is 0.590. The van der Waals surface area contributed by atoms with Crippen molar-refractivity contribution in [3.8, 4) is 11.5 Å². The molecular weight excluding hydrogens is 406 g/mol. The van der Waals surface area contributed by atoms with Gasteiger partial charge in [0.1, 0.15) is 11.5 Å². The van der Waals surface area contributed by atoms with Crippen LogP contribution in [0.5, 0.6) is 11.5 Å². The van der Waals surface area contributed by atoms with E-state index in [9.17, 15) is 9.59 Å². The lowest BCUT2D eigenvalue weighted by molar-refractivity contribution is -0.596. The Morgan fingerprint density at radius 1 is 0.906 bits per heavy atom. The van der Waals surface area contributed by atoms with E-state index in [-0.39, 0.29) is 11.8 Å². The Hall–Kier alpha value is -4.13. The van der Waals surface area contributed by atoms with Crippen molar-refractivity contribution in [2.24, 2.45) is 0 Å². The third kappa shape index (κ3) is 4.46. The van der Waals surface area contributed by atoms with Crippen LogP contribution in [0.15, 0.2) is 78.9 Å². The van der Waals surface area contributed by atoms with Crippen molar-refractivity contribution < 1.29 is 23.7 Å². The van der Waals surface area contributed by atoms with Gasteiger partial charge >= 0.3 is 5.91 Å². The second-order valence-corrected chi connectivity index (χ2v) is 7.32. The van der Waals surface area contributed by atoms with Crippen LogP contribution in [-0.2, 0) is 4.79 Å². The number of hydrogen-bond acceptors (Lipinski definition) is 4. The number of hydrogen-bond donors (Lipinski definition) is 2. The van der Waals surface area contributed by atoms with Gasteiger partial charge in [0.15, 0.2) is 6.04 Å². The Morgan fingerprint density at radius 2 is 1.50 bits per heavy atom. The van der Waals surface area contributed by atoms with Crippen molar-refractivity contribution in [2.75, 3.05) is 14.2 Å². The van der Waals surface area contributed by atoms with Crippen molar-refractivity contribution in [1.29, 1.82) is 0 Å². The zero-order valence-corrected chi connectivity index (χ0v) is 17.8. The highest BCUT2D eigenvalue weighted by Gasteiger charge is 2.47. The number of amides is 2. The molecule has 162 valence electrons. The summed E-state index contributed by atoms with van der Waals surface area (Å²) in [5, 5.41) is 2.89. The van der Waals surface area contributed by atoms with Crippen LogP contribution in [0, 0.1) is 0 Å². The average Bonchev–Trinajstić information content (AvgIpc) is 3.14. The van der Waals surface area contributed by atoms with Gasteiger partial charge in [-0.1, -0.05) is 18.2 Å². The summed E-state index contributed by atoms with van der Waals surface area (Å²) in [6.07, 6.45) is 1.85. The lowest BCUT2D eigenvalue weighted by atomic mass is 9.99. The normalized spacial score (nSPS) is 18.8. The smallest absolute Gasteiger partial charge is 0.304 e.